The van der Waals surface area contributed by atoms with Crippen molar-refractivity contribution >= 4 is 0 Å². The fourth-order valence-corrected chi connectivity index (χ4v) is 3.06. The smallest absolute Gasteiger partial charge is 0.0694 e. The second-order valence-corrected chi connectivity index (χ2v) is 6.12. The third kappa shape index (κ3) is 2.64. The molecule has 90 valence electrons. The van der Waals surface area contributed by atoms with E-state index >= 15 is 0 Å². The van der Waals surface area contributed by atoms with E-state index in [9.17, 15) is 5.11 Å². The van der Waals surface area contributed by atoms with E-state index in [-0.39, 0.29) is 5.41 Å². The summed E-state index contributed by atoms with van der Waals surface area (Å²) in [5.74, 6) is 0. The highest BCUT2D eigenvalue weighted by molar-refractivity contribution is 5.09. The van der Waals surface area contributed by atoms with Crippen molar-refractivity contribution in [2.45, 2.75) is 51.6 Å². The maximum Gasteiger partial charge on any atom is 0.0694 e. The molecule has 0 aromatic carbocycles. The van der Waals surface area contributed by atoms with Crippen LogP contribution in [0.25, 0.3) is 0 Å². The van der Waals surface area contributed by atoms with Gasteiger partial charge in [-0.1, -0.05) is 20.3 Å². The Bertz CT molecular complexity index is 370. The Labute approximate surface area is 97.5 Å². The Morgan fingerprint density at radius 2 is 2.19 bits per heavy atom. The SMILES string of the molecule is Cn1cc(CC2(O)CCCC(C)(C)C2)cn1. The summed E-state index contributed by atoms with van der Waals surface area (Å²) >= 11 is 0. The van der Waals surface area contributed by atoms with Gasteiger partial charge in [-0.25, -0.2) is 0 Å². The molecule has 1 saturated carbocycles. The molecule has 1 aliphatic carbocycles. The Balaban J connectivity index is 2.07. The minimum absolute atomic E-state index is 0.273. The van der Waals surface area contributed by atoms with Crippen molar-refractivity contribution in [2.75, 3.05) is 0 Å². The van der Waals surface area contributed by atoms with Crippen molar-refractivity contribution in [3.63, 3.8) is 0 Å². The summed E-state index contributed by atoms with van der Waals surface area (Å²) in [5, 5.41) is 14.8. The van der Waals surface area contributed by atoms with Gasteiger partial charge < -0.3 is 5.11 Å². The van der Waals surface area contributed by atoms with E-state index in [4.69, 9.17) is 0 Å². The van der Waals surface area contributed by atoms with Gasteiger partial charge in [0.2, 0.25) is 0 Å². The first-order valence-electron chi connectivity index (χ1n) is 6.09. The maximum absolute atomic E-state index is 10.6. The van der Waals surface area contributed by atoms with E-state index in [0.29, 0.717) is 0 Å². The third-order valence-corrected chi connectivity index (χ3v) is 3.59. The molecule has 0 bridgehead atoms. The lowest BCUT2D eigenvalue weighted by Gasteiger charge is -2.41. The molecular weight excluding hydrogens is 200 g/mol. The van der Waals surface area contributed by atoms with Crippen LogP contribution in [0, 0.1) is 5.41 Å². The molecule has 16 heavy (non-hydrogen) atoms. The van der Waals surface area contributed by atoms with Crippen molar-refractivity contribution in [2.24, 2.45) is 12.5 Å². The zero-order valence-electron chi connectivity index (χ0n) is 10.5. The number of aryl methyl sites for hydroxylation is 1. The number of hydrogen-bond donors (Lipinski definition) is 1. The second-order valence-electron chi connectivity index (χ2n) is 6.12. The molecule has 1 aliphatic rings. The van der Waals surface area contributed by atoms with Crippen LogP contribution >= 0.6 is 0 Å². The summed E-state index contributed by atoms with van der Waals surface area (Å²) in [6.45, 7) is 4.50. The van der Waals surface area contributed by atoms with Crippen molar-refractivity contribution in [3.05, 3.63) is 18.0 Å². The van der Waals surface area contributed by atoms with Gasteiger partial charge in [-0.2, -0.15) is 5.10 Å². The predicted molar refractivity (Wildman–Crippen MR) is 64.1 cm³/mol. The zero-order valence-corrected chi connectivity index (χ0v) is 10.5. The molecule has 3 heteroatoms. The van der Waals surface area contributed by atoms with Gasteiger partial charge in [-0.3, -0.25) is 4.68 Å². The highest BCUT2D eigenvalue weighted by Gasteiger charge is 2.38. The van der Waals surface area contributed by atoms with E-state index in [1.165, 1.54) is 6.42 Å². The topological polar surface area (TPSA) is 38.0 Å². The molecule has 0 aliphatic heterocycles. The van der Waals surface area contributed by atoms with Crippen molar-refractivity contribution in [1.29, 1.82) is 0 Å². The Kier molecular flexibility index (Phi) is 2.82. The lowest BCUT2D eigenvalue weighted by molar-refractivity contribution is -0.0382. The van der Waals surface area contributed by atoms with Gasteiger partial charge in [0.25, 0.3) is 0 Å². The summed E-state index contributed by atoms with van der Waals surface area (Å²) in [5.41, 5.74) is 0.891. The summed E-state index contributed by atoms with van der Waals surface area (Å²) in [4.78, 5) is 0. The minimum Gasteiger partial charge on any atom is -0.390 e. The average molecular weight is 222 g/mol. The molecule has 1 unspecified atom stereocenters. The molecule has 0 amide bonds. The predicted octanol–water partition coefficient (Wildman–Crippen LogP) is 2.29. The van der Waals surface area contributed by atoms with Gasteiger partial charge in [0.05, 0.1) is 11.8 Å². The van der Waals surface area contributed by atoms with Gasteiger partial charge in [-0.15, -0.1) is 0 Å². The molecule has 3 nitrogen and oxygen atoms in total. The van der Waals surface area contributed by atoms with E-state index in [0.717, 1.165) is 31.2 Å². The largest absolute Gasteiger partial charge is 0.390 e. The van der Waals surface area contributed by atoms with Crippen LogP contribution < -0.4 is 0 Å². The second kappa shape index (κ2) is 3.88. The first-order valence-corrected chi connectivity index (χ1v) is 6.09. The first kappa shape index (κ1) is 11.6. The fourth-order valence-electron chi connectivity index (χ4n) is 3.06. The molecule has 1 N–H and O–H groups in total. The van der Waals surface area contributed by atoms with Gasteiger partial charge in [0.15, 0.2) is 0 Å². The van der Waals surface area contributed by atoms with Gasteiger partial charge in [0, 0.05) is 19.7 Å². The summed E-state index contributed by atoms with van der Waals surface area (Å²) in [6, 6.07) is 0. The highest BCUT2D eigenvalue weighted by atomic mass is 16.3. The molecule has 0 saturated heterocycles. The van der Waals surface area contributed by atoms with Crippen molar-refractivity contribution in [3.8, 4) is 0 Å². The molecule has 2 rings (SSSR count). The van der Waals surface area contributed by atoms with E-state index in [1.54, 1.807) is 4.68 Å². The number of hydrogen-bond acceptors (Lipinski definition) is 2. The monoisotopic (exact) mass is 222 g/mol. The van der Waals surface area contributed by atoms with Crippen LogP contribution in [0.4, 0.5) is 0 Å². The van der Waals surface area contributed by atoms with Crippen LogP contribution in [-0.2, 0) is 13.5 Å². The zero-order chi connectivity index (χ0) is 11.8. The average Bonchev–Trinajstić information content (AvgIpc) is 2.47. The standard InChI is InChI=1S/C13H22N2O/c1-12(2)5-4-6-13(16,10-12)7-11-8-14-15(3)9-11/h8-9,16H,4-7,10H2,1-3H3. The fraction of sp³-hybridized carbons (Fsp3) is 0.769. The third-order valence-electron chi connectivity index (χ3n) is 3.59. The first-order chi connectivity index (χ1) is 7.39. The van der Waals surface area contributed by atoms with E-state index in [2.05, 4.69) is 18.9 Å². The van der Waals surface area contributed by atoms with Gasteiger partial charge in [0.1, 0.15) is 0 Å². The van der Waals surface area contributed by atoms with Crippen LogP contribution in [0.5, 0.6) is 0 Å². The Morgan fingerprint density at radius 3 is 2.75 bits per heavy atom. The molecular formula is C13H22N2O. The molecule has 1 atom stereocenters. The Morgan fingerprint density at radius 1 is 1.44 bits per heavy atom. The lowest BCUT2D eigenvalue weighted by atomic mass is 9.68. The van der Waals surface area contributed by atoms with Crippen LogP contribution in [0.1, 0.15) is 45.1 Å². The molecule has 1 aromatic rings. The van der Waals surface area contributed by atoms with Crippen LogP contribution in [0.3, 0.4) is 0 Å². The number of aromatic nitrogens is 2. The Hall–Kier alpha value is -0.830. The van der Waals surface area contributed by atoms with Crippen LogP contribution in [0.2, 0.25) is 0 Å². The summed E-state index contributed by atoms with van der Waals surface area (Å²) in [7, 11) is 1.92. The van der Waals surface area contributed by atoms with Crippen molar-refractivity contribution in [1.82, 2.24) is 9.78 Å². The molecule has 0 radical (unpaired) electrons. The maximum atomic E-state index is 10.6. The lowest BCUT2D eigenvalue weighted by Crippen LogP contribution is -2.40. The summed E-state index contributed by atoms with van der Waals surface area (Å²) < 4.78 is 1.80. The molecule has 1 heterocycles. The van der Waals surface area contributed by atoms with Gasteiger partial charge in [-0.05, 0) is 30.2 Å². The normalized spacial score (nSPS) is 29.2. The van der Waals surface area contributed by atoms with E-state index < -0.39 is 5.60 Å². The number of rotatable bonds is 2. The van der Waals surface area contributed by atoms with E-state index in [1.807, 2.05) is 19.4 Å². The van der Waals surface area contributed by atoms with Crippen LogP contribution in [0.15, 0.2) is 12.4 Å². The van der Waals surface area contributed by atoms with Crippen LogP contribution in [-0.4, -0.2) is 20.5 Å². The minimum atomic E-state index is -0.523. The quantitative estimate of drug-likeness (QED) is 0.833. The number of aliphatic hydroxyl groups is 1. The number of nitrogens with zero attached hydrogens (tertiary/aromatic N) is 2. The molecule has 1 fully saturated rings. The highest BCUT2D eigenvalue weighted by Crippen LogP contribution is 2.42. The van der Waals surface area contributed by atoms with Crippen molar-refractivity contribution < 1.29 is 5.11 Å². The molecule has 0 spiro atoms. The summed E-state index contributed by atoms with van der Waals surface area (Å²) in [6.07, 6.45) is 8.77. The molecule has 1 aromatic heterocycles. The van der Waals surface area contributed by atoms with Gasteiger partial charge >= 0.3 is 0 Å².